The third kappa shape index (κ3) is 3.86. The van der Waals surface area contributed by atoms with Gasteiger partial charge in [0.2, 0.25) is 0 Å². The van der Waals surface area contributed by atoms with Crippen LogP contribution in [-0.4, -0.2) is 16.8 Å². The number of aromatic nitrogens is 1. The zero-order valence-electron chi connectivity index (χ0n) is 12.7. The van der Waals surface area contributed by atoms with Gasteiger partial charge in [-0.1, -0.05) is 12.1 Å². The molecule has 2 amide bonds. The molecule has 0 unspecified atom stereocenters. The zero-order chi connectivity index (χ0) is 16.8. The minimum absolute atomic E-state index is 0.160. The maximum Gasteiger partial charge on any atom is 0.291 e. The molecule has 0 spiro atoms. The van der Waals surface area contributed by atoms with Crippen LogP contribution in [0.1, 0.15) is 26.5 Å². The van der Waals surface area contributed by atoms with Gasteiger partial charge in [-0.15, -0.1) is 0 Å². The van der Waals surface area contributed by atoms with E-state index in [1.165, 1.54) is 6.26 Å². The topological polar surface area (TPSA) is 84.2 Å². The molecule has 0 saturated heterocycles. The Morgan fingerprint density at radius 1 is 0.958 bits per heavy atom. The third-order valence-corrected chi connectivity index (χ3v) is 3.35. The first-order valence-electron chi connectivity index (χ1n) is 7.34. The first kappa shape index (κ1) is 15.5. The summed E-state index contributed by atoms with van der Waals surface area (Å²) < 4.78 is 5.03. The Kier molecular flexibility index (Phi) is 4.67. The number of pyridine rings is 1. The van der Waals surface area contributed by atoms with E-state index < -0.39 is 0 Å². The van der Waals surface area contributed by atoms with Gasteiger partial charge in [0.25, 0.3) is 11.8 Å². The number of amides is 2. The maximum atomic E-state index is 12.0. The molecule has 24 heavy (non-hydrogen) atoms. The van der Waals surface area contributed by atoms with Crippen molar-refractivity contribution in [3.05, 3.63) is 84.1 Å². The number of rotatable bonds is 5. The molecule has 0 bridgehead atoms. The molecule has 6 nitrogen and oxygen atoms in total. The number of carbonyl (C=O) groups excluding carboxylic acids is 2. The van der Waals surface area contributed by atoms with E-state index >= 15 is 0 Å². The zero-order valence-corrected chi connectivity index (χ0v) is 12.7. The number of nitrogens with zero attached hydrogens (tertiary/aromatic N) is 1. The van der Waals surface area contributed by atoms with E-state index in [0.717, 1.165) is 5.56 Å². The summed E-state index contributed by atoms with van der Waals surface area (Å²) in [7, 11) is 0. The van der Waals surface area contributed by atoms with Crippen LogP contribution in [-0.2, 0) is 6.54 Å². The van der Waals surface area contributed by atoms with E-state index in [4.69, 9.17) is 4.42 Å². The molecule has 2 heterocycles. The fourth-order valence-corrected chi connectivity index (χ4v) is 2.09. The smallest absolute Gasteiger partial charge is 0.291 e. The molecule has 2 N–H and O–H groups in total. The Morgan fingerprint density at radius 2 is 1.71 bits per heavy atom. The van der Waals surface area contributed by atoms with Crippen LogP contribution in [0, 0.1) is 0 Å². The monoisotopic (exact) mass is 321 g/mol. The van der Waals surface area contributed by atoms with Gasteiger partial charge in [0.1, 0.15) is 0 Å². The molecule has 1 aromatic carbocycles. The van der Waals surface area contributed by atoms with Crippen LogP contribution in [0.4, 0.5) is 5.69 Å². The summed E-state index contributed by atoms with van der Waals surface area (Å²) in [5.74, 6) is -0.213. The van der Waals surface area contributed by atoms with E-state index in [2.05, 4.69) is 15.6 Å². The van der Waals surface area contributed by atoms with Gasteiger partial charge in [-0.05, 0) is 42.0 Å². The first-order valence-corrected chi connectivity index (χ1v) is 7.34. The lowest BCUT2D eigenvalue weighted by molar-refractivity contribution is 0.0949. The lowest BCUT2D eigenvalue weighted by atomic mass is 10.2. The molecule has 0 radical (unpaired) electrons. The summed E-state index contributed by atoms with van der Waals surface area (Å²) >= 11 is 0. The highest BCUT2D eigenvalue weighted by atomic mass is 16.3. The molecule has 0 atom stereocenters. The molecule has 0 aliphatic carbocycles. The van der Waals surface area contributed by atoms with Gasteiger partial charge in [0, 0.05) is 30.2 Å². The van der Waals surface area contributed by atoms with Gasteiger partial charge in [0.15, 0.2) is 5.76 Å². The Bertz CT molecular complexity index is 812. The summed E-state index contributed by atoms with van der Waals surface area (Å²) in [4.78, 5) is 27.7. The summed E-state index contributed by atoms with van der Waals surface area (Å²) in [5.41, 5.74) is 2.14. The number of carbonyl (C=O) groups is 2. The van der Waals surface area contributed by atoms with Crippen molar-refractivity contribution in [3.8, 4) is 0 Å². The second kappa shape index (κ2) is 7.23. The highest BCUT2D eigenvalue weighted by molar-refractivity contribution is 6.02. The number of nitrogens with one attached hydrogen (secondary N) is 2. The van der Waals surface area contributed by atoms with E-state index in [1.54, 1.807) is 48.8 Å². The van der Waals surface area contributed by atoms with E-state index in [9.17, 15) is 9.59 Å². The van der Waals surface area contributed by atoms with Crippen LogP contribution in [0.5, 0.6) is 0 Å². The number of hydrogen-bond donors (Lipinski definition) is 2. The summed E-state index contributed by atoms with van der Waals surface area (Å²) in [5, 5.41) is 5.56. The molecular formula is C18H15N3O3. The van der Waals surface area contributed by atoms with Crippen LogP contribution >= 0.6 is 0 Å². The van der Waals surface area contributed by atoms with Crippen LogP contribution in [0.25, 0.3) is 0 Å². The van der Waals surface area contributed by atoms with Crippen molar-refractivity contribution in [2.45, 2.75) is 6.54 Å². The van der Waals surface area contributed by atoms with Crippen molar-refractivity contribution in [1.29, 1.82) is 0 Å². The van der Waals surface area contributed by atoms with Crippen molar-refractivity contribution >= 4 is 17.5 Å². The van der Waals surface area contributed by atoms with Gasteiger partial charge in [-0.3, -0.25) is 14.6 Å². The van der Waals surface area contributed by atoms with Gasteiger partial charge >= 0.3 is 0 Å². The summed E-state index contributed by atoms with van der Waals surface area (Å²) in [6.45, 7) is 0.396. The molecule has 3 rings (SSSR count). The summed E-state index contributed by atoms with van der Waals surface area (Å²) in [6, 6.07) is 13.8. The standard InChI is InChI=1S/C18H15N3O3/c22-17(14-7-9-19-10-8-14)20-12-13-3-5-15(6-4-13)21-18(23)16-2-1-11-24-16/h1-11H,12H2,(H,20,22)(H,21,23). The molecule has 2 aromatic heterocycles. The minimum Gasteiger partial charge on any atom is -0.459 e. The highest BCUT2D eigenvalue weighted by Crippen LogP contribution is 2.12. The molecule has 3 aromatic rings. The van der Waals surface area contributed by atoms with Crippen molar-refractivity contribution < 1.29 is 14.0 Å². The van der Waals surface area contributed by atoms with Crippen LogP contribution in [0.2, 0.25) is 0 Å². The Hall–Kier alpha value is -3.41. The van der Waals surface area contributed by atoms with Gasteiger partial charge in [-0.25, -0.2) is 0 Å². The summed E-state index contributed by atoms with van der Waals surface area (Å²) in [6.07, 6.45) is 4.60. The van der Waals surface area contributed by atoms with E-state index in [0.29, 0.717) is 17.8 Å². The first-order chi connectivity index (χ1) is 11.7. The number of anilines is 1. The largest absolute Gasteiger partial charge is 0.459 e. The predicted octanol–water partition coefficient (Wildman–Crippen LogP) is 2.86. The second-order valence-electron chi connectivity index (χ2n) is 5.05. The molecule has 120 valence electrons. The Balaban J connectivity index is 1.55. The molecule has 6 heteroatoms. The molecular weight excluding hydrogens is 306 g/mol. The molecule has 0 fully saturated rings. The van der Waals surface area contributed by atoms with E-state index in [-0.39, 0.29) is 17.6 Å². The van der Waals surface area contributed by atoms with Gasteiger partial charge in [-0.2, -0.15) is 0 Å². The van der Waals surface area contributed by atoms with Gasteiger partial charge < -0.3 is 15.1 Å². The highest BCUT2D eigenvalue weighted by Gasteiger charge is 2.08. The van der Waals surface area contributed by atoms with Crippen LogP contribution in [0.3, 0.4) is 0 Å². The quantitative estimate of drug-likeness (QED) is 0.757. The second-order valence-corrected chi connectivity index (χ2v) is 5.05. The normalized spacial score (nSPS) is 10.2. The molecule has 0 saturated carbocycles. The molecule has 0 aliphatic rings. The lowest BCUT2D eigenvalue weighted by Gasteiger charge is -2.07. The fourth-order valence-electron chi connectivity index (χ4n) is 2.09. The van der Waals surface area contributed by atoms with Crippen molar-refractivity contribution in [2.24, 2.45) is 0 Å². The molecule has 0 aliphatic heterocycles. The van der Waals surface area contributed by atoms with Crippen molar-refractivity contribution in [3.63, 3.8) is 0 Å². The van der Waals surface area contributed by atoms with Crippen LogP contribution in [0.15, 0.2) is 71.6 Å². The number of benzene rings is 1. The SMILES string of the molecule is O=C(NCc1ccc(NC(=O)c2ccco2)cc1)c1ccncc1. The number of furan rings is 1. The van der Waals surface area contributed by atoms with E-state index in [1.807, 2.05) is 12.1 Å². The van der Waals surface area contributed by atoms with Gasteiger partial charge in [0.05, 0.1) is 6.26 Å². The van der Waals surface area contributed by atoms with Crippen LogP contribution < -0.4 is 10.6 Å². The fraction of sp³-hybridized carbons (Fsp3) is 0.0556. The minimum atomic E-state index is -0.307. The Labute approximate surface area is 138 Å². The Morgan fingerprint density at radius 3 is 2.38 bits per heavy atom. The average molecular weight is 321 g/mol. The third-order valence-electron chi connectivity index (χ3n) is 3.35. The maximum absolute atomic E-state index is 12.0. The van der Waals surface area contributed by atoms with Crippen molar-refractivity contribution in [2.75, 3.05) is 5.32 Å². The van der Waals surface area contributed by atoms with Crippen molar-refractivity contribution in [1.82, 2.24) is 10.3 Å². The lowest BCUT2D eigenvalue weighted by Crippen LogP contribution is -2.22. The average Bonchev–Trinajstić information content (AvgIpc) is 3.16. The predicted molar refractivity (Wildman–Crippen MR) is 88.5 cm³/mol. The number of hydrogen-bond acceptors (Lipinski definition) is 4.